The van der Waals surface area contributed by atoms with E-state index in [-0.39, 0.29) is 5.75 Å². The van der Waals surface area contributed by atoms with Crippen LogP contribution in [0.2, 0.25) is 0 Å². The monoisotopic (exact) mass is 259 g/mol. The molecule has 0 saturated carbocycles. The number of thiazole rings is 1. The average molecular weight is 259 g/mol. The molecule has 0 unspecified atom stereocenters. The Morgan fingerprint density at radius 3 is 2.94 bits per heavy atom. The number of aromatic hydroxyl groups is 1. The van der Waals surface area contributed by atoms with Crippen molar-refractivity contribution in [1.82, 2.24) is 15.1 Å². The number of aromatic nitrogens is 3. The van der Waals surface area contributed by atoms with Gasteiger partial charge in [-0.3, -0.25) is 4.98 Å². The van der Waals surface area contributed by atoms with Crippen molar-refractivity contribution in [3.63, 3.8) is 0 Å². The molecule has 0 radical (unpaired) electrons. The van der Waals surface area contributed by atoms with Crippen molar-refractivity contribution in [3.05, 3.63) is 35.5 Å². The molecule has 0 fully saturated rings. The Morgan fingerprint density at radius 1 is 1.33 bits per heavy atom. The molecule has 5 nitrogen and oxygen atoms in total. The molecule has 0 aliphatic heterocycles. The zero-order valence-electron chi connectivity index (χ0n) is 9.49. The molecular formula is C12H9N3O2S. The maximum atomic E-state index is 9.65. The standard InChI is InChI=1S/C12H9N3O2S/c1-7-2-3-8(4-9(7)16)12-14-11(15-17-12)10-5-13-6-18-10/h2-6,16H,1H3. The highest BCUT2D eigenvalue weighted by Gasteiger charge is 2.12. The van der Waals surface area contributed by atoms with E-state index >= 15 is 0 Å². The van der Waals surface area contributed by atoms with E-state index in [0.717, 1.165) is 10.4 Å². The van der Waals surface area contributed by atoms with Gasteiger partial charge < -0.3 is 9.63 Å². The predicted molar refractivity (Wildman–Crippen MR) is 67.2 cm³/mol. The quantitative estimate of drug-likeness (QED) is 0.766. The smallest absolute Gasteiger partial charge is 0.258 e. The van der Waals surface area contributed by atoms with Gasteiger partial charge in [0.15, 0.2) is 0 Å². The van der Waals surface area contributed by atoms with Crippen molar-refractivity contribution in [3.8, 4) is 27.9 Å². The molecule has 1 aromatic carbocycles. The van der Waals surface area contributed by atoms with E-state index in [2.05, 4.69) is 15.1 Å². The summed E-state index contributed by atoms with van der Waals surface area (Å²) in [6.07, 6.45) is 1.69. The molecular weight excluding hydrogens is 250 g/mol. The van der Waals surface area contributed by atoms with Crippen LogP contribution in [0.4, 0.5) is 0 Å². The molecule has 0 spiro atoms. The molecule has 0 aliphatic carbocycles. The maximum Gasteiger partial charge on any atom is 0.258 e. The summed E-state index contributed by atoms with van der Waals surface area (Å²) < 4.78 is 5.18. The van der Waals surface area contributed by atoms with Gasteiger partial charge in [-0.05, 0) is 24.6 Å². The zero-order valence-corrected chi connectivity index (χ0v) is 10.3. The summed E-state index contributed by atoms with van der Waals surface area (Å²) in [5.41, 5.74) is 3.21. The van der Waals surface area contributed by atoms with E-state index in [1.807, 2.05) is 13.0 Å². The van der Waals surface area contributed by atoms with Gasteiger partial charge in [0.2, 0.25) is 5.82 Å². The molecule has 90 valence electrons. The molecule has 3 rings (SSSR count). The number of phenolic OH excluding ortho intramolecular Hbond substituents is 1. The summed E-state index contributed by atoms with van der Waals surface area (Å²) in [6.45, 7) is 1.83. The molecule has 0 atom stereocenters. The van der Waals surface area contributed by atoms with Crippen LogP contribution in [0.25, 0.3) is 22.2 Å². The minimum Gasteiger partial charge on any atom is -0.508 e. The lowest BCUT2D eigenvalue weighted by molar-refractivity contribution is 0.431. The van der Waals surface area contributed by atoms with Crippen molar-refractivity contribution in [2.75, 3.05) is 0 Å². The van der Waals surface area contributed by atoms with Crippen LogP contribution in [0.3, 0.4) is 0 Å². The van der Waals surface area contributed by atoms with E-state index in [0.29, 0.717) is 17.3 Å². The zero-order chi connectivity index (χ0) is 12.5. The average Bonchev–Trinajstić information content (AvgIpc) is 3.01. The number of hydrogen-bond donors (Lipinski definition) is 1. The number of phenols is 1. The molecule has 1 N–H and O–H groups in total. The second kappa shape index (κ2) is 4.23. The lowest BCUT2D eigenvalue weighted by atomic mass is 10.1. The first-order valence-electron chi connectivity index (χ1n) is 5.26. The van der Waals surface area contributed by atoms with Crippen LogP contribution < -0.4 is 0 Å². The fraction of sp³-hybridized carbons (Fsp3) is 0.0833. The first-order chi connectivity index (χ1) is 8.74. The molecule has 18 heavy (non-hydrogen) atoms. The highest BCUT2D eigenvalue weighted by molar-refractivity contribution is 7.13. The van der Waals surface area contributed by atoms with Crippen LogP contribution in [-0.2, 0) is 0 Å². The highest BCUT2D eigenvalue weighted by Crippen LogP contribution is 2.27. The highest BCUT2D eigenvalue weighted by atomic mass is 32.1. The minimum absolute atomic E-state index is 0.213. The second-order valence-corrected chi connectivity index (χ2v) is 4.68. The summed E-state index contributed by atoms with van der Waals surface area (Å²) in [5, 5.41) is 13.5. The predicted octanol–water partition coefficient (Wildman–Crippen LogP) is 2.87. The third-order valence-electron chi connectivity index (χ3n) is 2.53. The number of aryl methyl sites for hydroxylation is 1. The normalized spacial score (nSPS) is 10.7. The van der Waals surface area contributed by atoms with Gasteiger partial charge in [-0.1, -0.05) is 11.2 Å². The number of hydrogen-bond acceptors (Lipinski definition) is 6. The SMILES string of the molecule is Cc1ccc(-c2nc(-c3cncs3)no2)cc1O. The summed E-state index contributed by atoms with van der Waals surface area (Å²) >= 11 is 1.44. The molecule has 2 aromatic heterocycles. The summed E-state index contributed by atoms with van der Waals surface area (Å²) in [7, 11) is 0. The van der Waals surface area contributed by atoms with Gasteiger partial charge in [-0.15, -0.1) is 11.3 Å². The van der Waals surface area contributed by atoms with Crippen LogP contribution in [0.15, 0.2) is 34.4 Å². The van der Waals surface area contributed by atoms with Gasteiger partial charge >= 0.3 is 0 Å². The Hall–Kier alpha value is -2.21. The van der Waals surface area contributed by atoms with Crippen LogP contribution in [0, 0.1) is 6.92 Å². The Morgan fingerprint density at radius 2 is 2.22 bits per heavy atom. The fourth-order valence-corrected chi connectivity index (χ4v) is 2.05. The molecule has 0 aliphatic rings. The van der Waals surface area contributed by atoms with E-state index in [9.17, 15) is 5.11 Å². The maximum absolute atomic E-state index is 9.65. The largest absolute Gasteiger partial charge is 0.508 e. The Bertz CT molecular complexity index is 676. The third kappa shape index (κ3) is 1.86. The minimum atomic E-state index is 0.213. The van der Waals surface area contributed by atoms with Crippen LogP contribution in [0.5, 0.6) is 5.75 Å². The summed E-state index contributed by atoms with van der Waals surface area (Å²) in [5.74, 6) is 1.10. The van der Waals surface area contributed by atoms with Crippen LogP contribution >= 0.6 is 11.3 Å². The molecule has 0 bridgehead atoms. The summed E-state index contributed by atoms with van der Waals surface area (Å²) in [6, 6.07) is 5.25. The van der Waals surface area contributed by atoms with Gasteiger partial charge in [0.05, 0.1) is 10.4 Å². The Labute approximate surface area is 107 Å². The Kier molecular flexibility index (Phi) is 2.56. The van der Waals surface area contributed by atoms with Crippen LogP contribution in [0.1, 0.15) is 5.56 Å². The first kappa shape index (κ1) is 10.9. The third-order valence-corrected chi connectivity index (χ3v) is 3.30. The van der Waals surface area contributed by atoms with Crippen molar-refractivity contribution < 1.29 is 9.63 Å². The molecule has 6 heteroatoms. The topological polar surface area (TPSA) is 72.0 Å². The number of benzene rings is 1. The fourth-order valence-electron chi connectivity index (χ4n) is 1.51. The lowest BCUT2D eigenvalue weighted by Crippen LogP contribution is -1.80. The molecule has 0 saturated heterocycles. The van der Waals surface area contributed by atoms with E-state index in [1.165, 1.54) is 11.3 Å². The number of rotatable bonds is 2. The van der Waals surface area contributed by atoms with Gasteiger partial charge in [-0.25, -0.2) is 0 Å². The van der Waals surface area contributed by atoms with Gasteiger partial charge in [0.25, 0.3) is 5.89 Å². The molecule has 3 aromatic rings. The van der Waals surface area contributed by atoms with E-state index in [1.54, 1.807) is 23.8 Å². The van der Waals surface area contributed by atoms with Gasteiger partial charge in [0.1, 0.15) is 5.75 Å². The van der Waals surface area contributed by atoms with E-state index in [4.69, 9.17) is 4.52 Å². The van der Waals surface area contributed by atoms with Gasteiger partial charge in [-0.2, -0.15) is 4.98 Å². The van der Waals surface area contributed by atoms with Crippen molar-refractivity contribution in [2.24, 2.45) is 0 Å². The van der Waals surface area contributed by atoms with Crippen molar-refractivity contribution in [1.29, 1.82) is 0 Å². The van der Waals surface area contributed by atoms with E-state index < -0.39 is 0 Å². The number of nitrogens with zero attached hydrogens (tertiary/aromatic N) is 3. The first-order valence-corrected chi connectivity index (χ1v) is 6.14. The van der Waals surface area contributed by atoms with Crippen LogP contribution in [-0.4, -0.2) is 20.2 Å². The van der Waals surface area contributed by atoms with Crippen molar-refractivity contribution >= 4 is 11.3 Å². The molecule has 2 heterocycles. The lowest BCUT2D eigenvalue weighted by Gasteiger charge is -1.99. The summed E-state index contributed by atoms with van der Waals surface area (Å²) in [4.78, 5) is 9.09. The Balaban J connectivity index is 2.00. The van der Waals surface area contributed by atoms with Crippen molar-refractivity contribution in [2.45, 2.75) is 6.92 Å². The van der Waals surface area contributed by atoms with Gasteiger partial charge in [0, 0.05) is 11.8 Å². The molecule has 0 amide bonds. The second-order valence-electron chi connectivity index (χ2n) is 3.79.